The minimum atomic E-state index is -0.554. The van der Waals surface area contributed by atoms with Crippen molar-refractivity contribution in [2.24, 2.45) is 11.3 Å². The highest BCUT2D eigenvalue weighted by Gasteiger charge is 2.55. The molecule has 0 aromatic rings. The lowest BCUT2D eigenvalue weighted by atomic mass is 9.82. The van der Waals surface area contributed by atoms with Crippen molar-refractivity contribution in [3.63, 3.8) is 0 Å². The Morgan fingerprint density at radius 1 is 1.36 bits per heavy atom. The lowest BCUT2D eigenvalue weighted by Gasteiger charge is -2.32. The van der Waals surface area contributed by atoms with Gasteiger partial charge in [0.1, 0.15) is 0 Å². The summed E-state index contributed by atoms with van der Waals surface area (Å²) >= 11 is 0. The first-order valence-corrected chi connectivity index (χ1v) is 5.07. The third-order valence-corrected chi connectivity index (χ3v) is 3.71. The van der Waals surface area contributed by atoms with Crippen molar-refractivity contribution < 1.29 is 9.90 Å². The Morgan fingerprint density at radius 2 is 1.86 bits per heavy atom. The largest absolute Gasteiger partial charge is 0.481 e. The maximum Gasteiger partial charge on any atom is 0.309 e. The second-order valence-corrected chi connectivity index (χ2v) is 4.54. The number of piperidine rings is 1. The van der Waals surface area contributed by atoms with Gasteiger partial charge in [0.2, 0.25) is 0 Å². The molecule has 0 unspecified atom stereocenters. The maximum atomic E-state index is 11.1. The van der Waals surface area contributed by atoms with Gasteiger partial charge >= 0.3 is 5.97 Å². The zero-order valence-electron chi connectivity index (χ0n) is 8.53. The number of carboxylic acid groups (broad SMARTS) is 1. The van der Waals surface area contributed by atoms with Crippen LogP contribution in [0, 0.1) is 11.3 Å². The molecule has 0 amide bonds. The summed E-state index contributed by atoms with van der Waals surface area (Å²) in [7, 11) is 2.11. The van der Waals surface area contributed by atoms with Crippen molar-refractivity contribution in [1.29, 1.82) is 0 Å². The zero-order valence-corrected chi connectivity index (χ0v) is 9.35. The highest BCUT2D eigenvalue weighted by molar-refractivity contribution is 5.85. The van der Waals surface area contributed by atoms with Crippen molar-refractivity contribution in [1.82, 2.24) is 4.90 Å². The number of carboxylic acids is 1. The lowest BCUT2D eigenvalue weighted by molar-refractivity contribution is -0.146. The van der Waals surface area contributed by atoms with Gasteiger partial charge in [0.25, 0.3) is 0 Å². The van der Waals surface area contributed by atoms with Gasteiger partial charge in [0.05, 0.1) is 5.41 Å². The van der Waals surface area contributed by atoms with Crippen LogP contribution in [0.3, 0.4) is 0 Å². The fraction of sp³-hybridized carbons (Fsp3) is 0.900. The van der Waals surface area contributed by atoms with Crippen LogP contribution in [0.4, 0.5) is 0 Å². The number of likely N-dealkylation sites (tertiary alicyclic amines) is 1. The van der Waals surface area contributed by atoms with E-state index in [4.69, 9.17) is 5.11 Å². The van der Waals surface area contributed by atoms with Crippen molar-refractivity contribution in [2.75, 3.05) is 20.1 Å². The Bertz CT molecular complexity index is 220. The average Bonchev–Trinajstić information content (AvgIpc) is 2.86. The van der Waals surface area contributed by atoms with E-state index in [0.29, 0.717) is 5.92 Å². The molecular weight excluding hydrogens is 202 g/mol. The fourth-order valence-corrected chi connectivity index (χ4v) is 2.49. The summed E-state index contributed by atoms with van der Waals surface area (Å²) in [6, 6.07) is 0. The third kappa shape index (κ3) is 1.89. The van der Waals surface area contributed by atoms with Gasteiger partial charge in [-0.15, -0.1) is 12.4 Å². The van der Waals surface area contributed by atoms with Crippen molar-refractivity contribution in [2.45, 2.75) is 25.7 Å². The fourth-order valence-electron chi connectivity index (χ4n) is 2.49. The molecule has 1 saturated heterocycles. The third-order valence-electron chi connectivity index (χ3n) is 3.71. The van der Waals surface area contributed by atoms with E-state index in [1.54, 1.807) is 0 Å². The molecule has 1 heterocycles. The molecule has 4 heteroatoms. The summed E-state index contributed by atoms with van der Waals surface area (Å²) in [5.41, 5.74) is -0.304. The molecule has 1 aliphatic carbocycles. The number of nitrogens with zero attached hydrogens (tertiary/aromatic N) is 1. The molecule has 0 atom stereocenters. The van der Waals surface area contributed by atoms with E-state index in [1.807, 2.05) is 0 Å². The highest BCUT2D eigenvalue weighted by atomic mass is 35.5. The molecule has 2 fully saturated rings. The number of carbonyl (C=O) groups is 1. The van der Waals surface area contributed by atoms with E-state index in [2.05, 4.69) is 11.9 Å². The van der Waals surface area contributed by atoms with E-state index in [1.165, 1.54) is 0 Å². The number of hydrogen-bond acceptors (Lipinski definition) is 2. The van der Waals surface area contributed by atoms with Crippen LogP contribution in [0.5, 0.6) is 0 Å². The van der Waals surface area contributed by atoms with Crippen molar-refractivity contribution in [3.05, 3.63) is 0 Å². The Labute approximate surface area is 90.9 Å². The van der Waals surface area contributed by atoms with Gasteiger partial charge in [-0.05, 0) is 51.7 Å². The Morgan fingerprint density at radius 3 is 2.21 bits per heavy atom. The first kappa shape index (κ1) is 11.8. The Kier molecular flexibility index (Phi) is 3.43. The number of rotatable bonds is 2. The van der Waals surface area contributed by atoms with E-state index < -0.39 is 5.97 Å². The molecule has 0 spiro atoms. The predicted molar refractivity (Wildman–Crippen MR) is 56.8 cm³/mol. The average molecular weight is 220 g/mol. The van der Waals surface area contributed by atoms with E-state index in [9.17, 15) is 4.79 Å². The normalized spacial score (nSPS) is 26.6. The first-order valence-electron chi connectivity index (χ1n) is 5.07. The molecule has 3 nitrogen and oxygen atoms in total. The van der Waals surface area contributed by atoms with Crippen LogP contribution in [0.25, 0.3) is 0 Å². The topological polar surface area (TPSA) is 40.5 Å². The van der Waals surface area contributed by atoms with Crippen LogP contribution in [-0.2, 0) is 4.79 Å². The summed E-state index contributed by atoms with van der Waals surface area (Å²) in [5.74, 6) is -0.108. The molecule has 2 aliphatic rings. The van der Waals surface area contributed by atoms with Crippen LogP contribution in [0.15, 0.2) is 0 Å². The van der Waals surface area contributed by atoms with Crippen molar-refractivity contribution in [3.8, 4) is 0 Å². The summed E-state index contributed by atoms with van der Waals surface area (Å²) in [5, 5.41) is 9.11. The number of hydrogen-bond donors (Lipinski definition) is 1. The monoisotopic (exact) mass is 219 g/mol. The molecule has 1 saturated carbocycles. The zero-order chi connectivity index (χ0) is 9.47. The molecule has 0 aromatic carbocycles. The van der Waals surface area contributed by atoms with Crippen LogP contribution < -0.4 is 0 Å². The molecule has 14 heavy (non-hydrogen) atoms. The van der Waals surface area contributed by atoms with E-state index in [0.717, 1.165) is 38.8 Å². The minimum absolute atomic E-state index is 0. The summed E-state index contributed by atoms with van der Waals surface area (Å²) in [6.45, 7) is 2.14. The SMILES string of the molecule is CN1CCC(C2(C(=O)O)CC2)CC1.Cl. The maximum absolute atomic E-state index is 11.1. The van der Waals surface area contributed by atoms with Gasteiger partial charge in [-0.2, -0.15) is 0 Å². The molecule has 2 rings (SSSR count). The Hall–Kier alpha value is -0.280. The highest BCUT2D eigenvalue weighted by Crippen LogP contribution is 2.55. The van der Waals surface area contributed by atoms with Gasteiger partial charge in [-0.25, -0.2) is 0 Å². The number of halogens is 1. The van der Waals surface area contributed by atoms with Gasteiger partial charge in [0, 0.05) is 0 Å². The second kappa shape index (κ2) is 4.07. The predicted octanol–water partition coefficient (Wildman–Crippen LogP) is 1.61. The number of aliphatic carboxylic acids is 1. The van der Waals surface area contributed by atoms with Crippen molar-refractivity contribution >= 4 is 18.4 Å². The molecule has 0 aromatic heterocycles. The minimum Gasteiger partial charge on any atom is -0.481 e. The van der Waals surface area contributed by atoms with E-state index in [-0.39, 0.29) is 17.8 Å². The van der Waals surface area contributed by atoms with Gasteiger partial charge in [0.15, 0.2) is 0 Å². The molecule has 0 bridgehead atoms. The van der Waals surface area contributed by atoms with Gasteiger partial charge < -0.3 is 10.0 Å². The summed E-state index contributed by atoms with van der Waals surface area (Å²) in [4.78, 5) is 13.3. The van der Waals surface area contributed by atoms with Gasteiger partial charge in [-0.3, -0.25) is 4.79 Å². The Balaban J connectivity index is 0.000000980. The van der Waals surface area contributed by atoms with Crippen LogP contribution >= 0.6 is 12.4 Å². The van der Waals surface area contributed by atoms with E-state index >= 15 is 0 Å². The molecule has 1 aliphatic heterocycles. The second-order valence-electron chi connectivity index (χ2n) is 4.54. The standard InChI is InChI=1S/C10H17NO2.ClH/c1-11-6-2-8(3-7-11)10(4-5-10)9(12)13;/h8H,2-7H2,1H3,(H,12,13);1H. The first-order chi connectivity index (χ1) is 6.15. The van der Waals surface area contributed by atoms with Crippen LogP contribution in [0.2, 0.25) is 0 Å². The molecule has 0 radical (unpaired) electrons. The summed E-state index contributed by atoms with van der Waals surface area (Å²) < 4.78 is 0. The lowest BCUT2D eigenvalue weighted by Crippen LogP contribution is -2.36. The van der Waals surface area contributed by atoms with Crippen LogP contribution in [0.1, 0.15) is 25.7 Å². The van der Waals surface area contributed by atoms with Crippen LogP contribution in [-0.4, -0.2) is 36.1 Å². The molecule has 1 N–H and O–H groups in total. The summed E-state index contributed by atoms with van der Waals surface area (Å²) in [6.07, 6.45) is 3.97. The molecular formula is C10H18ClNO2. The quantitative estimate of drug-likeness (QED) is 0.767. The van der Waals surface area contributed by atoms with Gasteiger partial charge in [-0.1, -0.05) is 0 Å². The molecule has 82 valence electrons. The smallest absolute Gasteiger partial charge is 0.309 e.